The topological polar surface area (TPSA) is 94.2 Å². The van der Waals surface area contributed by atoms with E-state index < -0.39 is 18.1 Å². The zero-order chi connectivity index (χ0) is 21.4. The number of hydrogen-bond donors (Lipinski definition) is 4. The fourth-order valence-corrected chi connectivity index (χ4v) is 3.81. The highest BCUT2D eigenvalue weighted by molar-refractivity contribution is 5.94. The summed E-state index contributed by atoms with van der Waals surface area (Å²) in [5.74, 6) is -1.51. The van der Waals surface area contributed by atoms with Crippen LogP contribution in [0.4, 0.5) is 8.78 Å². The fourth-order valence-electron chi connectivity index (χ4n) is 3.81. The van der Waals surface area contributed by atoms with Crippen molar-refractivity contribution in [2.45, 2.75) is 31.9 Å². The number of benzene rings is 2. The molecule has 2 heterocycles. The summed E-state index contributed by atoms with van der Waals surface area (Å²) in [4.78, 5) is 27.3. The number of aromatic amines is 1. The van der Waals surface area contributed by atoms with Gasteiger partial charge in [-0.05, 0) is 60.9 Å². The van der Waals surface area contributed by atoms with Crippen LogP contribution in [0.15, 0.2) is 36.4 Å². The highest BCUT2D eigenvalue weighted by Crippen LogP contribution is 2.33. The Morgan fingerprint density at radius 1 is 1.20 bits per heavy atom. The van der Waals surface area contributed by atoms with Gasteiger partial charge in [-0.3, -0.25) is 9.59 Å². The first kappa shape index (κ1) is 20.0. The summed E-state index contributed by atoms with van der Waals surface area (Å²) in [7, 11) is 0. The van der Waals surface area contributed by atoms with Crippen LogP contribution in [0.2, 0.25) is 0 Å². The normalized spacial score (nSPS) is 18.6. The Hall–Kier alpha value is -3.26. The van der Waals surface area contributed by atoms with Crippen molar-refractivity contribution in [2.24, 2.45) is 0 Å². The van der Waals surface area contributed by atoms with Crippen molar-refractivity contribution < 1.29 is 23.5 Å². The molecule has 0 saturated carbocycles. The average molecular weight is 413 g/mol. The maximum absolute atomic E-state index is 14.1. The Labute approximate surface area is 171 Å². The molecule has 1 saturated heterocycles. The van der Waals surface area contributed by atoms with Crippen LogP contribution in [-0.4, -0.2) is 40.6 Å². The van der Waals surface area contributed by atoms with Gasteiger partial charge in [-0.15, -0.1) is 0 Å². The molecule has 1 fully saturated rings. The van der Waals surface area contributed by atoms with Gasteiger partial charge < -0.3 is 20.7 Å². The molecular formula is C22H21F2N3O3. The Bertz CT molecular complexity index is 1120. The van der Waals surface area contributed by atoms with Gasteiger partial charge in [0.15, 0.2) is 0 Å². The molecule has 0 radical (unpaired) electrons. The van der Waals surface area contributed by atoms with Crippen LogP contribution >= 0.6 is 0 Å². The molecule has 0 bridgehead atoms. The molecule has 4 rings (SSSR count). The number of aromatic nitrogens is 1. The number of β-amino-alcohol motifs (C(OH)–C–C–N with tert-alkyl or cyclic N) is 1. The van der Waals surface area contributed by atoms with E-state index >= 15 is 0 Å². The van der Waals surface area contributed by atoms with Crippen molar-refractivity contribution in [3.63, 3.8) is 0 Å². The van der Waals surface area contributed by atoms with Gasteiger partial charge >= 0.3 is 0 Å². The molecule has 1 aliphatic heterocycles. The predicted octanol–water partition coefficient (Wildman–Crippen LogP) is 2.33. The number of fused-ring (bicyclic) bond motifs is 1. The summed E-state index contributed by atoms with van der Waals surface area (Å²) in [6, 6.07) is 7.98. The van der Waals surface area contributed by atoms with Crippen molar-refractivity contribution in [2.75, 3.05) is 6.54 Å². The second-order valence-electron chi connectivity index (χ2n) is 7.44. The summed E-state index contributed by atoms with van der Waals surface area (Å²) in [5, 5.41) is 15.6. The number of carbonyl (C=O) groups is 2. The quantitative estimate of drug-likeness (QED) is 0.517. The molecule has 1 aromatic heterocycles. The van der Waals surface area contributed by atoms with Gasteiger partial charge in [0.2, 0.25) is 11.8 Å². The number of nitrogens with one attached hydrogen (secondary N) is 3. The first-order valence-corrected chi connectivity index (χ1v) is 9.66. The lowest BCUT2D eigenvalue weighted by Crippen LogP contribution is -2.45. The van der Waals surface area contributed by atoms with E-state index in [4.69, 9.17) is 0 Å². The number of aliphatic hydroxyl groups is 1. The van der Waals surface area contributed by atoms with Crippen LogP contribution in [0, 0.1) is 18.6 Å². The first-order chi connectivity index (χ1) is 14.3. The van der Waals surface area contributed by atoms with E-state index in [1.165, 1.54) is 18.2 Å². The lowest BCUT2D eigenvalue weighted by atomic mass is 10.00. The number of aliphatic hydroxyl groups excluding tert-OH is 1. The molecule has 156 valence electrons. The van der Waals surface area contributed by atoms with Crippen molar-refractivity contribution in [3.8, 4) is 11.3 Å². The molecule has 0 unspecified atom stereocenters. The fraction of sp³-hybridized carbons (Fsp3) is 0.273. The summed E-state index contributed by atoms with van der Waals surface area (Å²) >= 11 is 0. The minimum atomic E-state index is -0.964. The molecule has 0 aliphatic carbocycles. The zero-order valence-corrected chi connectivity index (χ0v) is 16.3. The molecule has 2 atom stereocenters. The molecule has 0 spiro atoms. The van der Waals surface area contributed by atoms with Crippen molar-refractivity contribution in [1.29, 1.82) is 0 Å². The van der Waals surface area contributed by atoms with E-state index in [-0.39, 0.29) is 30.5 Å². The Kier molecular flexibility index (Phi) is 5.26. The van der Waals surface area contributed by atoms with E-state index in [1.807, 2.05) is 0 Å². The van der Waals surface area contributed by atoms with Gasteiger partial charge in [0.25, 0.3) is 0 Å². The second kappa shape index (κ2) is 7.87. The number of carbonyl (C=O) groups excluding carboxylic acids is 2. The molecule has 8 heteroatoms. The number of amides is 2. The lowest BCUT2D eigenvalue weighted by Gasteiger charge is -2.14. The van der Waals surface area contributed by atoms with Crippen molar-refractivity contribution in [3.05, 3.63) is 59.2 Å². The monoisotopic (exact) mass is 413 g/mol. The molecule has 30 heavy (non-hydrogen) atoms. The van der Waals surface area contributed by atoms with E-state index in [0.29, 0.717) is 28.8 Å². The van der Waals surface area contributed by atoms with Gasteiger partial charge in [-0.2, -0.15) is 0 Å². The third-order valence-electron chi connectivity index (χ3n) is 5.48. The number of rotatable bonds is 5. The second-order valence-corrected chi connectivity index (χ2v) is 7.44. The molecule has 4 N–H and O–H groups in total. The van der Waals surface area contributed by atoms with Gasteiger partial charge in [0, 0.05) is 29.6 Å². The van der Waals surface area contributed by atoms with E-state index in [2.05, 4.69) is 15.6 Å². The largest absolute Gasteiger partial charge is 0.389 e. The molecule has 6 nitrogen and oxygen atoms in total. The maximum atomic E-state index is 14.1. The van der Waals surface area contributed by atoms with Gasteiger partial charge in [-0.1, -0.05) is 0 Å². The minimum Gasteiger partial charge on any atom is -0.389 e. The minimum absolute atomic E-state index is 0.0636. The van der Waals surface area contributed by atoms with Crippen LogP contribution < -0.4 is 10.6 Å². The Morgan fingerprint density at radius 2 is 1.93 bits per heavy atom. The lowest BCUT2D eigenvalue weighted by molar-refractivity contribution is -0.128. The molecule has 1 aliphatic rings. The number of aryl methyl sites for hydroxylation is 2. The van der Waals surface area contributed by atoms with Crippen molar-refractivity contribution >= 4 is 22.7 Å². The van der Waals surface area contributed by atoms with Crippen LogP contribution in [0.1, 0.15) is 17.5 Å². The number of H-pyrrole nitrogens is 1. The summed E-state index contributed by atoms with van der Waals surface area (Å²) in [6.45, 7) is 1.77. The van der Waals surface area contributed by atoms with Gasteiger partial charge in [0.1, 0.15) is 23.8 Å². The maximum Gasteiger partial charge on any atom is 0.245 e. The predicted molar refractivity (Wildman–Crippen MR) is 108 cm³/mol. The van der Waals surface area contributed by atoms with Gasteiger partial charge in [0.05, 0.1) is 5.52 Å². The molecule has 2 amide bonds. The molecule has 2 aromatic carbocycles. The highest BCUT2D eigenvalue weighted by Gasteiger charge is 2.34. The standard InChI is InChI=1S/C22H21F2N3O3/c1-11-16(24)8-6-14-15(7-9-18(29)26-21-17(28)10-25-22(21)30)20(27-19(11)14)12-2-4-13(23)5-3-12/h2-6,8,17,21,27-28H,7,9-10H2,1H3,(H,25,30)(H,26,29)/t17-,21+/m1/s1. The average Bonchev–Trinajstić information content (AvgIpc) is 3.25. The van der Waals surface area contributed by atoms with E-state index in [0.717, 1.165) is 10.9 Å². The van der Waals surface area contributed by atoms with Crippen molar-refractivity contribution in [1.82, 2.24) is 15.6 Å². The van der Waals surface area contributed by atoms with Crippen LogP contribution in [-0.2, 0) is 16.0 Å². The Balaban J connectivity index is 1.64. The summed E-state index contributed by atoms with van der Waals surface area (Å²) < 4.78 is 27.4. The highest BCUT2D eigenvalue weighted by atomic mass is 19.1. The van der Waals surface area contributed by atoms with Crippen LogP contribution in [0.25, 0.3) is 22.2 Å². The number of hydrogen-bond acceptors (Lipinski definition) is 3. The summed E-state index contributed by atoms with van der Waals surface area (Å²) in [6.07, 6.45) is -0.586. The number of halogens is 2. The Morgan fingerprint density at radius 3 is 2.60 bits per heavy atom. The smallest absolute Gasteiger partial charge is 0.245 e. The molecule has 3 aromatic rings. The first-order valence-electron chi connectivity index (χ1n) is 9.66. The molecular weight excluding hydrogens is 392 g/mol. The summed E-state index contributed by atoms with van der Waals surface area (Å²) in [5.41, 5.74) is 3.28. The van der Waals surface area contributed by atoms with Gasteiger partial charge in [-0.25, -0.2) is 8.78 Å². The third kappa shape index (κ3) is 3.66. The third-order valence-corrected chi connectivity index (χ3v) is 5.48. The SMILES string of the molecule is Cc1c(F)ccc2c(CCC(=O)N[C@@H]3C(=O)NC[C@H]3O)c(-c3ccc(F)cc3)[nH]c12. The van der Waals surface area contributed by atoms with E-state index in [9.17, 15) is 23.5 Å². The van der Waals surface area contributed by atoms with E-state index in [1.54, 1.807) is 25.1 Å². The van der Waals surface area contributed by atoms with Crippen LogP contribution in [0.5, 0.6) is 0 Å². The van der Waals surface area contributed by atoms with Crippen LogP contribution in [0.3, 0.4) is 0 Å². The zero-order valence-electron chi connectivity index (χ0n) is 16.3.